The first-order valence-electron chi connectivity index (χ1n) is 6.54. The Morgan fingerprint density at radius 3 is 2.56 bits per heavy atom. The Bertz CT molecular complexity index is 353. The van der Waals surface area contributed by atoms with E-state index in [0.29, 0.717) is 6.04 Å². The molecule has 3 atom stereocenters. The molecular weight excluding hydrogens is 244 g/mol. The molecule has 0 fully saturated rings. The maximum atomic E-state index is 6.28. The van der Waals surface area contributed by atoms with Crippen molar-refractivity contribution in [2.45, 2.75) is 45.3 Å². The normalized spacial score (nSPS) is 16.8. The van der Waals surface area contributed by atoms with Crippen LogP contribution in [0.15, 0.2) is 16.5 Å². The molecule has 0 aromatic carbocycles. The van der Waals surface area contributed by atoms with Gasteiger partial charge in [-0.3, -0.25) is 4.90 Å². The quantitative estimate of drug-likeness (QED) is 0.827. The van der Waals surface area contributed by atoms with Crippen molar-refractivity contribution < 1.29 is 4.42 Å². The lowest BCUT2D eigenvalue weighted by Crippen LogP contribution is -2.43. The zero-order valence-electron chi connectivity index (χ0n) is 12.1. The molecule has 1 heterocycles. The van der Waals surface area contributed by atoms with Gasteiger partial charge in [-0.1, -0.05) is 6.92 Å². The second-order valence-electron chi connectivity index (χ2n) is 4.94. The minimum Gasteiger partial charge on any atom is -0.465 e. The zero-order chi connectivity index (χ0) is 13.7. The van der Waals surface area contributed by atoms with Gasteiger partial charge in [-0.2, -0.15) is 11.8 Å². The Hall–Kier alpha value is -0.450. The highest BCUT2D eigenvalue weighted by molar-refractivity contribution is 7.98. The molecule has 1 aromatic heterocycles. The molecule has 104 valence electrons. The van der Waals surface area contributed by atoms with E-state index in [1.54, 1.807) is 0 Å². The third-order valence-corrected chi connectivity index (χ3v) is 4.29. The topological polar surface area (TPSA) is 42.4 Å². The molecule has 0 aliphatic heterocycles. The number of thioether (sulfide) groups is 1. The Labute approximate surface area is 115 Å². The highest BCUT2D eigenvalue weighted by Crippen LogP contribution is 2.27. The number of hydrogen-bond acceptors (Lipinski definition) is 4. The van der Waals surface area contributed by atoms with Crippen molar-refractivity contribution >= 4 is 11.8 Å². The van der Waals surface area contributed by atoms with E-state index >= 15 is 0 Å². The smallest absolute Gasteiger partial charge is 0.122 e. The van der Waals surface area contributed by atoms with Crippen molar-refractivity contribution in [1.82, 2.24) is 4.90 Å². The predicted octanol–water partition coefficient (Wildman–Crippen LogP) is 3.05. The van der Waals surface area contributed by atoms with Crippen LogP contribution in [0.1, 0.15) is 37.8 Å². The number of hydrogen-bond donors (Lipinski definition) is 1. The van der Waals surface area contributed by atoms with E-state index in [2.05, 4.69) is 38.1 Å². The molecule has 0 bridgehead atoms. The average Bonchev–Trinajstić information content (AvgIpc) is 2.75. The third-order valence-electron chi connectivity index (χ3n) is 3.47. The van der Waals surface area contributed by atoms with Crippen LogP contribution in [0.4, 0.5) is 0 Å². The van der Waals surface area contributed by atoms with Crippen LogP contribution in [-0.4, -0.2) is 36.0 Å². The van der Waals surface area contributed by atoms with Gasteiger partial charge in [0.2, 0.25) is 0 Å². The second kappa shape index (κ2) is 7.22. The molecule has 0 amide bonds. The molecule has 3 unspecified atom stereocenters. The van der Waals surface area contributed by atoms with Crippen LogP contribution in [-0.2, 0) is 0 Å². The standard InChI is InChI=1S/C14H26N2OS/c1-6-12(15)14(13-8-7-11(3)17-13)16(4)10(2)9-18-5/h7-8,10,12,14H,6,9,15H2,1-5H3. The van der Waals surface area contributed by atoms with Crippen LogP contribution >= 0.6 is 11.8 Å². The van der Waals surface area contributed by atoms with Gasteiger partial charge in [-0.15, -0.1) is 0 Å². The predicted molar refractivity (Wildman–Crippen MR) is 80.1 cm³/mol. The Balaban J connectivity index is 2.91. The van der Waals surface area contributed by atoms with Crippen LogP contribution in [0.3, 0.4) is 0 Å². The number of nitrogens with two attached hydrogens (primary N) is 1. The lowest BCUT2D eigenvalue weighted by Gasteiger charge is -2.35. The summed E-state index contributed by atoms with van der Waals surface area (Å²) in [5.74, 6) is 3.03. The fourth-order valence-corrected chi connectivity index (χ4v) is 2.90. The third kappa shape index (κ3) is 3.77. The average molecular weight is 270 g/mol. The van der Waals surface area contributed by atoms with E-state index in [-0.39, 0.29) is 12.1 Å². The van der Waals surface area contributed by atoms with Crippen molar-refractivity contribution in [3.8, 4) is 0 Å². The lowest BCUT2D eigenvalue weighted by molar-refractivity contribution is 0.148. The Morgan fingerprint density at radius 2 is 2.11 bits per heavy atom. The van der Waals surface area contributed by atoms with Gasteiger partial charge in [0.25, 0.3) is 0 Å². The SMILES string of the molecule is CCC(N)C(c1ccc(C)o1)N(C)C(C)CSC. The van der Waals surface area contributed by atoms with E-state index in [4.69, 9.17) is 10.2 Å². The number of furan rings is 1. The van der Waals surface area contributed by atoms with E-state index in [1.807, 2.05) is 24.8 Å². The lowest BCUT2D eigenvalue weighted by atomic mass is 10.0. The fraction of sp³-hybridized carbons (Fsp3) is 0.714. The van der Waals surface area contributed by atoms with Crippen molar-refractivity contribution in [3.63, 3.8) is 0 Å². The maximum absolute atomic E-state index is 6.28. The van der Waals surface area contributed by atoms with Crippen molar-refractivity contribution in [3.05, 3.63) is 23.7 Å². The van der Waals surface area contributed by atoms with Gasteiger partial charge in [-0.25, -0.2) is 0 Å². The van der Waals surface area contributed by atoms with Crippen molar-refractivity contribution in [2.24, 2.45) is 5.73 Å². The number of aryl methyl sites for hydroxylation is 1. The number of rotatable bonds is 7. The summed E-state index contributed by atoms with van der Waals surface area (Å²) in [4.78, 5) is 2.34. The van der Waals surface area contributed by atoms with Crippen LogP contribution in [0, 0.1) is 6.92 Å². The van der Waals surface area contributed by atoms with E-state index < -0.39 is 0 Å². The molecular formula is C14H26N2OS. The first kappa shape index (κ1) is 15.6. The summed E-state index contributed by atoms with van der Waals surface area (Å²) in [6, 6.07) is 4.80. The minimum atomic E-state index is 0.102. The van der Waals surface area contributed by atoms with Gasteiger partial charge < -0.3 is 10.2 Å². The molecule has 1 rings (SSSR count). The summed E-state index contributed by atoms with van der Waals surface area (Å²) < 4.78 is 5.79. The molecule has 0 saturated carbocycles. The Kier molecular flexibility index (Phi) is 6.26. The fourth-order valence-electron chi connectivity index (χ4n) is 2.18. The van der Waals surface area contributed by atoms with Crippen LogP contribution < -0.4 is 5.73 Å². The Morgan fingerprint density at radius 1 is 1.44 bits per heavy atom. The molecule has 0 saturated heterocycles. The summed E-state index contributed by atoms with van der Waals surface area (Å²) in [6.07, 6.45) is 3.08. The summed E-state index contributed by atoms with van der Waals surface area (Å²) >= 11 is 1.86. The van der Waals surface area contributed by atoms with Crippen molar-refractivity contribution in [1.29, 1.82) is 0 Å². The molecule has 1 aromatic rings. The monoisotopic (exact) mass is 270 g/mol. The van der Waals surface area contributed by atoms with Crippen LogP contribution in [0.2, 0.25) is 0 Å². The highest BCUT2D eigenvalue weighted by Gasteiger charge is 2.28. The van der Waals surface area contributed by atoms with Gasteiger partial charge >= 0.3 is 0 Å². The van der Waals surface area contributed by atoms with E-state index in [1.165, 1.54) is 0 Å². The van der Waals surface area contributed by atoms with Gasteiger partial charge in [0, 0.05) is 17.8 Å². The number of likely N-dealkylation sites (N-methyl/N-ethyl adjacent to an activating group) is 1. The van der Waals surface area contributed by atoms with Crippen LogP contribution in [0.5, 0.6) is 0 Å². The molecule has 4 heteroatoms. The summed E-state index contributed by atoms with van der Waals surface area (Å²) in [5.41, 5.74) is 6.28. The first-order valence-corrected chi connectivity index (χ1v) is 7.93. The molecule has 0 spiro atoms. The molecule has 2 N–H and O–H groups in total. The van der Waals surface area contributed by atoms with E-state index in [9.17, 15) is 0 Å². The number of nitrogens with zero attached hydrogens (tertiary/aromatic N) is 1. The first-order chi connectivity index (χ1) is 8.51. The van der Waals surface area contributed by atoms with Crippen LogP contribution in [0.25, 0.3) is 0 Å². The van der Waals surface area contributed by atoms with Gasteiger partial charge in [0.1, 0.15) is 11.5 Å². The second-order valence-corrected chi connectivity index (χ2v) is 5.85. The summed E-state index contributed by atoms with van der Waals surface area (Å²) in [5, 5.41) is 0. The summed E-state index contributed by atoms with van der Waals surface area (Å²) in [6.45, 7) is 6.34. The van der Waals surface area contributed by atoms with Gasteiger partial charge in [0.15, 0.2) is 0 Å². The molecule has 3 nitrogen and oxygen atoms in total. The molecule has 0 aliphatic carbocycles. The molecule has 18 heavy (non-hydrogen) atoms. The highest BCUT2D eigenvalue weighted by atomic mass is 32.2. The van der Waals surface area contributed by atoms with E-state index in [0.717, 1.165) is 23.7 Å². The van der Waals surface area contributed by atoms with Gasteiger partial charge in [0.05, 0.1) is 6.04 Å². The maximum Gasteiger partial charge on any atom is 0.122 e. The van der Waals surface area contributed by atoms with Crippen molar-refractivity contribution in [2.75, 3.05) is 19.1 Å². The van der Waals surface area contributed by atoms with Gasteiger partial charge in [-0.05, 0) is 45.7 Å². The largest absolute Gasteiger partial charge is 0.465 e. The molecule has 0 radical (unpaired) electrons. The summed E-state index contributed by atoms with van der Waals surface area (Å²) in [7, 11) is 2.14. The molecule has 0 aliphatic rings. The minimum absolute atomic E-state index is 0.102. The zero-order valence-corrected chi connectivity index (χ0v) is 13.0.